The van der Waals surface area contributed by atoms with Gasteiger partial charge in [-0.05, 0) is 55.5 Å². The molecule has 0 heterocycles. The Morgan fingerprint density at radius 3 is 2.30 bits per heavy atom. The van der Waals surface area contributed by atoms with E-state index in [1.165, 1.54) is 22.3 Å². The molecule has 2 rings (SSSR count). The minimum atomic E-state index is 0.397. The van der Waals surface area contributed by atoms with Crippen molar-refractivity contribution in [2.45, 2.75) is 39.8 Å². The number of benzene rings is 2. The molecule has 0 spiro atoms. The number of hydrogen-bond donors (Lipinski definition) is 1. The monoisotopic (exact) mass is 287 g/mol. The summed E-state index contributed by atoms with van der Waals surface area (Å²) in [5, 5.41) is 4.45. The van der Waals surface area contributed by atoms with Crippen molar-refractivity contribution in [2.75, 3.05) is 0 Å². The standard InChI is InChI=1S/C18H22ClN/c1-13-7-6-8-14(2)17(13)12-20-15(3)11-16-9-4-5-10-18(16)19/h4-10,15,20H,11-12H2,1-3H3. The second-order valence-electron chi connectivity index (χ2n) is 5.45. The lowest BCUT2D eigenvalue weighted by Gasteiger charge is -2.17. The van der Waals surface area contributed by atoms with Gasteiger partial charge in [0.05, 0.1) is 0 Å². The zero-order chi connectivity index (χ0) is 14.5. The van der Waals surface area contributed by atoms with Gasteiger partial charge in [-0.3, -0.25) is 0 Å². The molecule has 0 saturated heterocycles. The third-order valence-electron chi connectivity index (χ3n) is 3.76. The van der Waals surface area contributed by atoms with Gasteiger partial charge in [-0.2, -0.15) is 0 Å². The molecule has 0 fully saturated rings. The van der Waals surface area contributed by atoms with Gasteiger partial charge >= 0.3 is 0 Å². The van der Waals surface area contributed by atoms with E-state index in [0.717, 1.165) is 18.0 Å². The van der Waals surface area contributed by atoms with Crippen molar-refractivity contribution in [3.8, 4) is 0 Å². The molecule has 2 aromatic carbocycles. The van der Waals surface area contributed by atoms with E-state index in [2.05, 4.69) is 50.4 Å². The average Bonchev–Trinajstić information content (AvgIpc) is 2.41. The van der Waals surface area contributed by atoms with Crippen LogP contribution in [0.4, 0.5) is 0 Å². The third kappa shape index (κ3) is 3.84. The molecule has 2 aromatic rings. The van der Waals surface area contributed by atoms with Crippen LogP contribution in [0, 0.1) is 13.8 Å². The van der Waals surface area contributed by atoms with Gasteiger partial charge in [0, 0.05) is 17.6 Å². The van der Waals surface area contributed by atoms with Crippen LogP contribution < -0.4 is 5.32 Å². The van der Waals surface area contributed by atoms with Crippen LogP contribution in [-0.4, -0.2) is 6.04 Å². The Morgan fingerprint density at radius 2 is 1.65 bits per heavy atom. The van der Waals surface area contributed by atoms with Crippen molar-refractivity contribution in [3.05, 3.63) is 69.7 Å². The highest BCUT2D eigenvalue weighted by atomic mass is 35.5. The maximum absolute atomic E-state index is 6.21. The van der Waals surface area contributed by atoms with E-state index in [0.29, 0.717) is 6.04 Å². The summed E-state index contributed by atoms with van der Waals surface area (Å²) in [6.07, 6.45) is 0.949. The summed E-state index contributed by atoms with van der Waals surface area (Å²) in [4.78, 5) is 0. The normalized spacial score (nSPS) is 12.4. The van der Waals surface area contributed by atoms with Gasteiger partial charge in [-0.15, -0.1) is 0 Å². The van der Waals surface area contributed by atoms with Crippen molar-refractivity contribution in [1.29, 1.82) is 0 Å². The minimum absolute atomic E-state index is 0.397. The van der Waals surface area contributed by atoms with Crippen molar-refractivity contribution in [3.63, 3.8) is 0 Å². The molecule has 1 atom stereocenters. The zero-order valence-corrected chi connectivity index (χ0v) is 13.2. The molecule has 20 heavy (non-hydrogen) atoms. The molecule has 0 aromatic heterocycles. The second-order valence-corrected chi connectivity index (χ2v) is 5.86. The van der Waals surface area contributed by atoms with Crippen LogP contribution in [-0.2, 0) is 13.0 Å². The van der Waals surface area contributed by atoms with E-state index in [-0.39, 0.29) is 0 Å². The number of hydrogen-bond acceptors (Lipinski definition) is 1. The Morgan fingerprint density at radius 1 is 1.00 bits per heavy atom. The molecular formula is C18H22ClN. The van der Waals surface area contributed by atoms with Gasteiger partial charge in [0.15, 0.2) is 0 Å². The summed E-state index contributed by atoms with van der Waals surface area (Å²) in [5.41, 5.74) is 5.30. The lowest BCUT2D eigenvalue weighted by atomic mass is 10.0. The van der Waals surface area contributed by atoms with Crippen LogP contribution in [0.1, 0.15) is 29.2 Å². The molecule has 0 aliphatic rings. The molecule has 106 valence electrons. The topological polar surface area (TPSA) is 12.0 Å². The molecule has 2 heteroatoms. The second kappa shape index (κ2) is 6.92. The van der Waals surface area contributed by atoms with Gasteiger partial charge < -0.3 is 5.32 Å². The lowest BCUT2D eigenvalue weighted by molar-refractivity contribution is 0.543. The fourth-order valence-corrected chi connectivity index (χ4v) is 2.68. The largest absolute Gasteiger partial charge is 0.310 e. The fourth-order valence-electron chi connectivity index (χ4n) is 2.47. The van der Waals surface area contributed by atoms with Crippen LogP contribution >= 0.6 is 11.6 Å². The first kappa shape index (κ1) is 15.1. The number of rotatable bonds is 5. The highest BCUT2D eigenvalue weighted by molar-refractivity contribution is 6.31. The van der Waals surface area contributed by atoms with Gasteiger partial charge in [0.2, 0.25) is 0 Å². The van der Waals surface area contributed by atoms with E-state index >= 15 is 0 Å². The third-order valence-corrected chi connectivity index (χ3v) is 4.12. The Bertz CT molecular complexity index is 557. The number of aryl methyl sites for hydroxylation is 2. The smallest absolute Gasteiger partial charge is 0.0438 e. The van der Waals surface area contributed by atoms with Crippen LogP contribution in [0.2, 0.25) is 5.02 Å². The molecular weight excluding hydrogens is 266 g/mol. The first-order valence-corrected chi connectivity index (χ1v) is 7.47. The predicted octanol–water partition coefficient (Wildman–Crippen LogP) is 4.68. The fraction of sp³-hybridized carbons (Fsp3) is 0.333. The van der Waals surface area contributed by atoms with Gasteiger partial charge in [0.1, 0.15) is 0 Å². The van der Waals surface area contributed by atoms with Gasteiger partial charge in [-0.1, -0.05) is 48.0 Å². The van der Waals surface area contributed by atoms with Crippen molar-refractivity contribution >= 4 is 11.6 Å². The van der Waals surface area contributed by atoms with Crippen LogP contribution in [0.25, 0.3) is 0 Å². The molecule has 0 saturated carbocycles. The van der Waals surface area contributed by atoms with Crippen LogP contribution in [0.5, 0.6) is 0 Å². The van der Waals surface area contributed by atoms with Crippen LogP contribution in [0.15, 0.2) is 42.5 Å². The average molecular weight is 288 g/mol. The first-order valence-electron chi connectivity index (χ1n) is 7.10. The highest BCUT2D eigenvalue weighted by Gasteiger charge is 2.08. The molecule has 0 bridgehead atoms. The van der Waals surface area contributed by atoms with Crippen molar-refractivity contribution in [2.24, 2.45) is 0 Å². The van der Waals surface area contributed by atoms with Gasteiger partial charge in [0.25, 0.3) is 0 Å². The SMILES string of the molecule is Cc1cccc(C)c1CNC(C)Cc1ccccc1Cl. The van der Waals surface area contributed by atoms with Crippen molar-refractivity contribution in [1.82, 2.24) is 5.32 Å². The molecule has 0 radical (unpaired) electrons. The van der Waals surface area contributed by atoms with Crippen molar-refractivity contribution < 1.29 is 0 Å². The summed E-state index contributed by atoms with van der Waals surface area (Å²) >= 11 is 6.21. The highest BCUT2D eigenvalue weighted by Crippen LogP contribution is 2.17. The first-order chi connectivity index (χ1) is 9.58. The number of halogens is 1. The maximum atomic E-state index is 6.21. The summed E-state index contributed by atoms with van der Waals surface area (Å²) in [5.74, 6) is 0. The quantitative estimate of drug-likeness (QED) is 0.842. The Balaban J connectivity index is 1.96. The lowest BCUT2D eigenvalue weighted by Crippen LogP contribution is -2.28. The molecule has 0 amide bonds. The summed E-state index contributed by atoms with van der Waals surface area (Å²) in [6, 6.07) is 14.9. The number of nitrogens with one attached hydrogen (secondary N) is 1. The molecule has 0 aliphatic carbocycles. The van der Waals surface area contributed by atoms with E-state index in [1.807, 2.05) is 18.2 Å². The summed E-state index contributed by atoms with van der Waals surface area (Å²) < 4.78 is 0. The Hall–Kier alpha value is -1.31. The minimum Gasteiger partial charge on any atom is -0.310 e. The predicted molar refractivity (Wildman–Crippen MR) is 87.4 cm³/mol. The maximum Gasteiger partial charge on any atom is 0.0438 e. The zero-order valence-electron chi connectivity index (χ0n) is 12.4. The summed E-state index contributed by atoms with van der Waals surface area (Å²) in [7, 11) is 0. The molecule has 1 nitrogen and oxygen atoms in total. The van der Waals surface area contributed by atoms with E-state index < -0.39 is 0 Å². The molecule has 0 aliphatic heterocycles. The molecule has 1 unspecified atom stereocenters. The summed E-state index contributed by atoms with van der Waals surface area (Å²) in [6.45, 7) is 7.45. The van der Waals surface area contributed by atoms with E-state index in [1.54, 1.807) is 0 Å². The van der Waals surface area contributed by atoms with E-state index in [9.17, 15) is 0 Å². The Kier molecular flexibility index (Phi) is 5.22. The Labute approximate surface area is 127 Å². The van der Waals surface area contributed by atoms with E-state index in [4.69, 9.17) is 11.6 Å². The van der Waals surface area contributed by atoms with Crippen LogP contribution in [0.3, 0.4) is 0 Å². The molecule has 1 N–H and O–H groups in total. The van der Waals surface area contributed by atoms with Gasteiger partial charge in [-0.25, -0.2) is 0 Å².